The molecule has 1 atom stereocenters. The molecule has 1 fully saturated rings. The lowest BCUT2D eigenvalue weighted by Crippen LogP contribution is -2.44. The van der Waals surface area contributed by atoms with Gasteiger partial charge in [-0.05, 0) is 25.0 Å². The summed E-state index contributed by atoms with van der Waals surface area (Å²) in [6.07, 6.45) is -2.90. The van der Waals surface area contributed by atoms with Gasteiger partial charge in [0.25, 0.3) is 5.91 Å². The molecule has 1 aliphatic rings. The number of piperidine rings is 1. The van der Waals surface area contributed by atoms with Crippen LogP contribution in [-0.2, 0) is 0 Å². The zero-order chi connectivity index (χ0) is 15.6. The van der Waals surface area contributed by atoms with Gasteiger partial charge in [-0.3, -0.25) is 4.79 Å². The van der Waals surface area contributed by atoms with Gasteiger partial charge in [0, 0.05) is 24.8 Å². The van der Waals surface area contributed by atoms with Crippen LogP contribution in [0.4, 0.5) is 13.2 Å². The minimum absolute atomic E-state index is 0.00397. The highest BCUT2D eigenvalue weighted by Crippen LogP contribution is 2.33. The summed E-state index contributed by atoms with van der Waals surface area (Å²) in [6.45, 7) is -0.163. The van der Waals surface area contributed by atoms with Gasteiger partial charge in [0.05, 0.1) is 5.92 Å². The van der Waals surface area contributed by atoms with Gasteiger partial charge in [-0.1, -0.05) is 0 Å². The molecular formula is C13H13F3N2O3. The standard InChI is InChI=1S/C13H13F3N2O3/c14-13(15,16)9-2-1-5-18(7-9)11(19)8-3-4-17-10(6-8)12(20)21/h3-4,6,9H,1-2,5,7H2,(H,20,21). The minimum Gasteiger partial charge on any atom is -0.477 e. The zero-order valence-electron chi connectivity index (χ0n) is 10.9. The fourth-order valence-electron chi connectivity index (χ4n) is 2.29. The molecule has 1 N–H and O–H groups in total. The molecule has 2 rings (SSSR count). The molecule has 1 saturated heterocycles. The molecule has 1 amide bonds. The smallest absolute Gasteiger partial charge is 0.393 e. The Kier molecular flexibility index (Phi) is 4.15. The number of pyridine rings is 1. The Labute approximate surface area is 118 Å². The third-order valence-corrected chi connectivity index (χ3v) is 3.40. The number of carbonyl (C=O) groups is 2. The van der Waals surface area contributed by atoms with E-state index in [1.807, 2.05) is 0 Å². The summed E-state index contributed by atoms with van der Waals surface area (Å²) >= 11 is 0. The summed E-state index contributed by atoms with van der Waals surface area (Å²) in [5.74, 6) is -3.43. The highest BCUT2D eigenvalue weighted by atomic mass is 19.4. The molecule has 8 heteroatoms. The Morgan fingerprint density at radius 1 is 1.38 bits per heavy atom. The van der Waals surface area contributed by atoms with Crippen molar-refractivity contribution in [3.05, 3.63) is 29.6 Å². The van der Waals surface area contributed by atoms with Crippen molar-refractivity contribution < 1.29 is 27.9 Å². The first-order chi connectivity index (χ1) is 9.79. The molecule has 21 heavy (non-hydrogen) atoms. The van der Waals surface area contributed by atoms with Crippen molar-refractivity contribution in [2.45, 2.75) is 19.0 Å². The second kappa shape index (κ2) is 5.71. The molecule has 114 valence electrons. The number of aromatic carboxylic acids is 1. The highest BCUT2D eigenvalue weighted by molar-refractivity contribution is 5.96. The average molecular weight is 302 g/mol. The van der Waals surface area contributed by atoms with Crippen LogP contribution in [0.2, 0.25) is 0 Å². The lowest BCUT2D eigenvalue weighted by Gasteiger charge is -2.33. The van der Waals surface area contributed by atoms with Crippen LogP contribution in [0.3, 0.4) is 0 Å². The number of rotatable bonds is 2. The Balaban J connectivity index is 2.16. The third kappa shape index (κ3) is 3.50. The number of hydrogen-bond donors (Lipinski definition) is 1. The molecule has 1 aromatic rings. The van der Waals surface area contributed by atoms with Gasteiger partial charge in [0.15, 0.2) is 0 Å². The van der Waals surface area contributed by atoms with Crippen LogP contribution in [0.5, 0.6) is 0 Å². The monoisotopic (exact) mass is 302 g/mol. The maximum absolute atomic E-state index is 12.7. The molecule has 2 heterocycles. The largest absolute Gasteiger partial charge is 0.477 e. The van der Waals surface area contributed by atoms with Crippen molar-refractivity contribution in [1.82, 2.24) is 9.88 Å². The fourth-order valence-corrected chi connectivity index (χ4v) is 2.29. The van der Waals surface area contributed by atoms with Crippen LogP contribution in [0.1, 0.15) is 33.7 Å². The first-order valence-electron chi connectivity index (χ1n) is 6.34. The van der Waals surface area contributed by atoms with Gasteiger partial charge in [-0.2, -0.15) is 13.2 Å². The lowest BCUT2D eigenvalue weighted by molar-refractivity contribution is -0.184. The van der Waals surface area contributed by atoms with E-state index in [1.165, 1.54) is 6.07 Å². The summed E-state index contributed by atoms with van der Waals surface area (Å²) in [4.78, 5) is 27.7. The van der Waals surface area contributed by atoms with Crippen LogP contribution in [0, 0.1) is 5.92 Å². The van der Waals surface area contributed by atoms with Crippen LogP contribution in [-0.4, -0.2) is 46.1 Å². The maximum atomic E-state index is 12.7. The number of halogens is 3. The summed E-state index contributed by atoms with van der Waals surface area (Å²) in [6, 6.07) is 2.37. The quantitative estimate of drug-likeness (QED) is 0.909. The molecule has 0 saturated carbocycles. The van der Waals surface area contributed by atoms with Gasteiger partial charge >= 0.3 is 12.1 Å². The zero-order valence-corrected chi connectivity index (χ0v) is 10.9. The van der Waals surface area contributed by atoms with E-state index < -0.39 is 30.5 Å². The molecule has 1 unspecified atom stereocenters. The molecule has 1 aliphatic heterocycles. The van der Waals surface area contributed by atoms with E-state index in [0.29, 0.717) is 0 Å². The molecule has 0 spiro atoms. The van der Waals surface area contributed by atoms with Crippen molar-refractivity contribution >= 4 is 11.9 Å². The number of aromatic nitrogens is 1. The number of carbonyl (C=O) groups excluding carboxylic acids is 1. The Morgan fingerprint density at radius 3 is 2.71 bits per heavy atom. The van der Waals surface area contributed by atoms with Crippen LogP contribution in [0.15, 0.2) is 18.3 Å². The number of alkyl halides is 3. The normalized spacial score (nSPS) is 19.4. The molecule has 5 nitrogen and oxygen atoms in total. The number of hydrogen-bond acceptors (Lipinski definition) is 3. The second-order valence-electron chi connectivity index (χ2n) is 4.87. The first-order valence-corrected chi connectivity index (χ1v) is 6.34. The predicted molar refractivity (Wildman–Crippen MR) is 65.9 cm³/mol. The number of nitrogens with zero attached hydrogens (tertiary/aromatic N) is 2. The Morgan fingerprint density at radius 2 is 2.10 bits per heavy atom. The second-order valence-corrected chi connectivity index (χ2v) is 4.87. The van der Waals surface area contributed by atoms with E-state index in [9.17, 15) is 22.8 Å². The van der Waals surface area contributed by atoms with Gasteiger partial charge in [-0.15, -0.1) is 0 Å². The van der Waals surface area contributed by atoms with Crippen LogP contribution in [0.25, 0.3) is 0 Å². The SMILES string of the molecule is O=C(O)c1cc(C(=O)N2CCCC(C(F)(F)F)C2)ccn1. The van der Waals surface area contributed by atoms with Crippen LogP contribution >= 0.6 is 0 Å². The Bertz CT molecular complexity index is 560. The molecule has 0 bridgehead atoms. The Hall–Kier alpha value is -2.12. The number of carboxylic acids is 1. The van der Waals surface area contributed by atoms with Gasteiger partial charge in [-0.25, -0.2) is 9.78 Å². The van der Waals surface area contributed by atoms with Crippen molar-refractivity contribution in [3.8, 4) is 0 Å². The molecule has 0 aromatic carbocycles. The van der Waals surface area contributed by atoms with E-state index >= 15 is 0 Å². The highest BCUT2D eigenvalue weighted by Gasteiger charge is 2.42. The molecule has 0 radical (unpaired) electrons. The summed E-state index contributed by atoms with van der Waals surface area (Å²) in [5, 5.41) is 8.81. The number of amides is 1. The number of likely N-dealkylation sites (tertiary alicyclic amines) is 1. The van der Waals surface area contributed by atoms with E-state index in [4.69, 9.17) is 5.11 Å². The topological polar surface area (TPSA) is 70.5 Å². The summed E-state index contributed by atoms with van der Waals surface area (Å²) in [5.41, 5.74) is -0.282. The van der Waals surface area contributed by atoms with E-state index in [0.717, 1.165) is 17.2 Å². The van der Waals surface area contributed by atoms with Crippen molar-refractivity contribution in [2.75, 3.05) is 13.1 Å². The van der Waals surface area contributed by atoms with Gasteiger partial charge < -0.3 is 10.0 Å². The predicted octanol–water partition coefficient (Wildman–Crippen LogP) is 2.19. The van der Waals surface area contributed by atoms with Crippen molar-refractivity contribution in [1.29, 1.82) is 0 Å². The van der Waals surface area contributed by atoms with Gasteiger partial charge in [0.2, 0.25) is 0 Å². The van der Waals surface area contributed by atoms with Crippen molar-refractivity contribution in [3.63, 3.8) is 0 Å². The first kappa shape index (κ1) is 15.3. The number of carboxylic acid groups (broad SMARTS) is 1. The maximum Gasteiger partial charge on any atom is 0.393 e. The molecule has 0 aliphatic carbocycles. The van der Waals surface area contributed by atoms with E-state index in [2.05, 4.69) is 4.98 Å². The van der Waals surface area contributed by atoms with Gasteiger partial charge in [0.1, 0.15) is 5.69 Å². The minimum atomic E-state index is -4.33. The molecular weight excluding hydrogens is 289 g/mol. The van der Waals surface area contributed by atoms with Crippen molar-refractivity contribution in [2.24, 2.45) is 5.92 Å². The third-order valence-electron chi connectivity index (χ3n) is 3.40. The fraction of sp³-hybridized carbons (Fsp3) is 0.462. The molecule has 1 aromatic heterocycles. The summed E-state index contributed by atoms with van der Waals surface area (Å²) in [7, 11) is 0. The summed E-state index contributed by atoms with van der Waals surface area (Å²) < 4.78 is 38.2. The van der Waals surface area contributed by atoms with E-state index in [-0.39, 0.29) is 30.6 Å². The van der Waals surface area contributed by atoms with E-state index in [1.54, 1.807) is 0 Å². The lowest BCUT2D eigenvalue weighted by atomic mass is 9.97. The average Bonchev–Trinajstić information content (AvgIpc) is 2.46. The van der Waals surface area contributed by atoms with Crippen LogP contribution < -0.4 is 0 Å².